The van der Waals surface area contributed by atoms with Crippen LogP contribution in [-0.2, 0) is 26.8 Å². The monoisotopic (exact) mass is 413 g/mol. The third kappa shape index (κ3) is 3.63. The molecule has 1 aromatic carbocycles. The van der Waals surface area contributed by atoms with E-state index in [0.29, 0.717) is 0 Å². The number of ketones is 1. The lowest BCUT2D eigenvalue weighted by Crippen LogP contribution is -2.38. The van der Waals surface area contributed by atoms with Gasteiger partial charge in [0.25, 0.3) is 11.6 Å². The van der Waals surface area contributed by atoms with E-state index < -0.39 is 68.7 Å². The maximum Gasteiger partial charge on any atom is 0.423 e. The number of benzene rings is 1. The molecule has 1 heterocycles. The average molecular weight is 413 g/mol. The highest BCUT2D eigenvalue weighted by Gasteiger charge is 2.52. The number of halogens is 6. The number of nitro benzene ring substituents is 1. The Bertz CT molecular complexity index is 950. The van der Waals surface area contributed by atoms with Gasteiger partial charge in [0.2, 0.25) is 11.5 Å². The summed E-state index contributed by atoms with van der Waals surface area (Å²) < 4.78 is 79.5. The third-order valence-corrected chi connectivity index (χ3v) is 3.24. The van der Waals surface area contributed by atoms with Crippen LogP contribution < -0.4 is 5.32 Å². The third-order valence-electron chi connectivity index (χ3n) is 3.24. The van der Waals surface area contributed by atoms with E-state index in [1.807, 2.05) is 0 Å². The second-order valence-electron chi connectivity index (χ2n) is 5.13. The van der Waals surface area contributed by atoms with E-state index in [0.717, 1.165) is 6.92 Å². The predicted molar refractivity (Wildman–Crippen MR) is 75.3 cm³/mol. The number of Topliss-reactive ketones (excluding diaryl/α,β-unsaturated/α-hetero) is 1. The maximum atomic E-state index is 13.4. The van der Waals surface area contributed by atoms with Crippen LogP contribution in [0.1, 0.15) is 28.4 Å². The van der Waals surface area contributed by atoms with E-state index in [-0.39, 0.29) is 6.07 Å². The zero-order valence-electron chi connectivity index (χ0n) is 13.2. The van der Waals surface area contributed by atoms with E-state index in [9.17, 15) is 50.8 Å². The molecule has 1 N–H and O–H groups in total. The fourth-order valence-corrected chi connectivity index (χ4v) is 2.28. The SMILES string of the molecule is CC(=O)ON=C1C(=O)Nc2cc(C(F)(F)F)c([N+](=O)[O-])c(C(F)(F)F)c2C1=O. The quantitative estimate of drug-likeness (QED) is 0.344. The largest absolute Gasteiger partial charge is 0.423 e. The van der Waals surface area contributed by atoms with Gasteiger partial charge in [0.1, 0.15) is 11.1 Å². The Labute approximate surface area is 149 Å². The highest BCUT2D eigenvalue weighted by Crippen LogP contribution is 2.48. The summed E-state index contributed by atoms with van der Waals surface area (Å²) in [6, 6.07) is -0.166. The Hall–Kier alpha value is -3.52. The molecule has 1 amide bonds. The minimum absolute atomic E-state index is 0.166. The van der Waals surface area contributed by atoms with Gasteiger partial charge < -0.3 is 10.2 Å². The van der Waals surface area contributed by atoms with E-state index in [4.69, 9.17) is 0 Å². The molecule has 0 fully saturated rings. The van der Waals surface area contributed by atoms with Gasteiger partial charge in [0, 0.05) is 6.92 Å². The molecule has 28 heavy (non-hydrogen) atoms. The lowest BCUT2D eigenvalue weighted by molar-refractivity contribution is -0.391. The number of alkyl halides is 6. The fraction of sp³-hybridized carbons (Fsp3) is 0.231. The summed E-state index contributed by atoms with van der Waals surface area (Å²) in [5.74, 6) is -4.66. The lowest BCUT2D eigenvalue weighted by atomic mass is 9.90. The molecule has 0 radical (unpaired) electrons. The molecule has 1 aliphatic rings. The van der Waals surface area contributed by atoms with Crippen molar-refractivity contribution in [2.45, 2.75) is 19.3 Å². The van der Waals surface area contributed by atoms with E-state index in [1.54, 1.807) is 5.32 Å². The molecule has 1 aliphatic heterocycles. The second kappa shape index (κ2) is 6.58. The lowest BCUT2D eigenvalue weighted by Gasteiger charge is -2.23. The molecule has 0 aromatic heterocycles. The normalized spacial score (nSPS) is 15.9. The first-order valence-electron chi connectivity index (χ1n) is 6.77. The predicted octanol–water partition coefficient (Wildman–Crippen LogP) is 2.69. The van der Waals surface area contributed by atoms with Crippen LogP contribution in [0, 0.1) is 10.1 Å². The number of fused-ring (bicyclic) bond motifs is 1. The first-order valence-corrected chi connectivity index (χ1v) is 6.77. The van der Waals surface area contributed by atoms with Crippen molar-refractivity contribution in [3.05, 3.63) is 32.9 Å². The fourth-order valence-electron chi connectivity index (χ4n) is 2.28. The average Bonchev–Trinajstić information content (AvgIpc) is 2.50. The van der Waals surface area contributed by atoms with Crippen molar-refractivity contribution < 1.29 is 50.5 Å². The van der Waals surface area contributed by atoms with Crippen molar-refractivity contribution in [2.75, 3.05) is 5.32 Å². The number of oxime groups is 1. The van der Waals surface area contributed by atoms with Gasteiger partial charge in [0.15, 0.2) is 0 Å². The minimum Gasteiger partial charge on any atom is -0.320 e. The smallest absolute Gasteiger partial charge is 0.320 e. The van der Waals surface area contributed by atoms with Crippen LogP contribution in [0.15, 0.2) is 11.2 Å². The van der Waals surface area contributed by atoms with Gasteiger partial charge in [-0.25, -0.2) is 4.79 Å². The number of hydrogen-bond acceptors (Lipinski definition) is 7. The van der Waals surface area contributed by atoms with Gasteiger partial charge >= 0.3 is 18.3 Å². The topological polar surface area (TPSA) is 128 Å². The summed E-state index contributed by atoms with van der Waals surface area (Å²) in [6.45, 7) is 0.769. The summed E-state index contributed by atoms with van der Waals surface area (Å²) >= 11 is 0. The molecule has 0 atom stereocenters. The Morgan fingerprint density at radius 1 is 1.18 bits per heavy atom. The second-order valence-corrected chi connectivity index (χ2v) is 5.13. The molecule has 0 aliphatic carbocycles. The molecule has 0 saturated heterocycles. The van der Waals surface area contributed by atoms with E-state index >= 15 is 0 Å². The van der Waals surface area contributed by atoms with E-state index in [1.165, 1.54) is 0 Å². The molecule has 0 bridgehead atoms. The molecule has 150 valence electrons. The summed E-state index contributed by atoms with van der Waals surface area (Å²) in [5, 5.41) is 15.3. The van der Waals surface area contributed by atoms with Gasteiger partial charge in [-0.1, -0.05) is 5.16 Å². The zero-order chi connectivity index (χ0) is 21.6. The minimum atomic E-state index is -5.79. The molecule has 1 aromatic rings. The van der Waals surface area contributed by atoms with Crippen molar-refractivity contribution in [3.8, 4) is 0 Å². The van der Waals surface area contributed by atoms with Gasteiger partial charge in [-0.3, -0.25) is 19.7 Å². The molecule has 0 saturated carbocycles. The van der Waals surface area contributed by atoms with Crippen molar-refractivity contribution in [2.24, 2.45) is 5.16 Å². The standard InChI is InChI=1S/C13H5F6N3O6/c1-3(23)28-21-8-10(24)6-5(20-11(8)25)2-4(12(14,15)16)9(22(26)27)7(6)13(17,18)19/h2H,1H3,(H,20,25). The van der Waals surface area contributed by atoms with Crippen molar-refractivity contribution in [1.29, 1.82) is 0 Å². The van der Waals surface area contributed by atoms with Crippen LogP contribution in [0.25, 0.3) is 0 Å². The summed E-state index contributed by atoms with van der Waals surface area (Å²) in [6.07, 6.45) is -11.4. The molecule has 2 rings (SSSR count). The highest BCUT2D eigenvalue weighted by atomic mass is 19.4. The molecule has 0 spiro atoms. The van der Waals surface area contributed by atoms with Crippen LogP contribution in [0.5, 0.6) is 0 Å². The molecule has 15 heteroatoms. The van der Waals surface area contributed by atoms with Crippen LogP contribution in [0.2, 0.25) is 0 Å². The van der Waals surface area contributed by atoms with Gasteiger partial charge in [-0.15, -0.1) is 0 Å². The van der Waals surface area contributed by atoms with Gasteiger partial charge in [0.05, 0.1) is 16.2 Å². The van der Waals surface area contributed by atoms with E-state index in [2.05, 4.69) is 9.99 Å². The van der Waals surface area contributed by atoms with Crippen LogP contribution in [0.3, 0.4) is 0 Å². The van der Waals surface area contributed by atoms with Crippen LogP contribution >= 0.6 is 0 Å². The Kier molecular flexibility index (Phi) is 4.88. The van der Waals surface area contributed by atoms with Crippen LogP contribution in [-0.4, -0.2) is 28.3 Å². The molecule has 0 unspecified atom stereocenters. The van der Waals surface area contributed by atoms with Crippen LogP contribution in [0.4, 0.5) is 37.7 Å². The van der Waals surface area contributed by atoms with Gasteiger partial charge in [-0.2, -0.15) is 26.3 Å². The first kappa shape index (κ1) is 20.8. The number of amides is 1. The number of nitro groups is 1. The Morgan fingerprint density at radius 3 is 2.18 bits per heavy atom. The highest BCUT2D eigenvalue weighted by molar-refractivity contribution is 6.72. The summed E-state index contributed by atoms with van der Waals surface area (Å²) in [4.78, 5) is 47.8. The van der Waals surface area contributed by atoms with Crippen molar-refractivity contribution in [1.82, 2.24) is 0 Å². The number of hydrogen-bond donors (Lipinski definition) is 1. The molecular weight excluding hydrogens is 408 g/mol. The molecule has 9 nitrogen and oxygen atoms in total. The molecular formula is C13H5F6N3O6. The number of carbonyl (C=O) groups is 3. The number of nitrogens with zero attached hydrogens (tertiary/aromatic N) is 2. The van der Waals surface area contributed by atoms with Crippen molar-refractivity contribution >= 4 is 34.7 Å². The number of carbonyl (C=O) groups excluding carboxylic acids is 3. The summed E-state index contributed by atoms with van der Waals surface area (Å²) in [7, 11) is 0. The first-order chi connectivity index (χ1) is 12.7. The Balaban J connectivity index is 2.95. The van der Waals surface area contributed by atoms with Gasteiger partial charge in [-0.05, 0) is 6.07 Å². The summed E-state index contributed by atoms with van der Waals surface area (Å²) in [5.41, 5.74) is -11.6. The number of anilines is 1. The maximum absolute atomic E-state index is 13.4. The number of rotatable bonds is 2. The number of nitrogens with one attached hydrogen (secondary N) is 1. The van der Waals surface area contributed by atoms with Crippen molar-refractivity contribution in [3.63, 3.8) is 0 Å². The zero-order valence-corrected chi connectivity index (χ0v) is 13.2. The Morgan fingerprint density at radius 2 is 1.75 bits per heavy atom.